The molecule has 1 aliphatic rings. The van der Waals surface area contributed by atoms with Gasteiger partial charge in [0.1, 0.15) is 5.82 Å². The van der Waals surface area contributed by atoms with Gasteiger partial charge in [-0.2, -0.15) is 0 Å². The van der Waals surface area contributed by atoms with Crippen LogP contribution in [0, 0.1) is 5.82 Å². The second kappa shape index (κ2) is 5.37. The Labute approximate surface area is 127 Å². The molecule has 0 saturated carbocycles. The molecule has 0 saturated heterocycles. The number of rotatable bonds is 1. The first kappa shape index (κ1) is 13.9. The Morgan fingerprint density at radius 2 is 2.00 bits per heavy atom. The van der Waals surface area contributed by atoms with Crippen molar-refractivity contribution in [2.75, 3.05) is 5.32 Å². The number of hydrogen-bond donors (Lipinski definition) is 1. The van der Waals surface area contributed by atoms with Gasteiger partial charge in [0.15, 0.2) is 0 Å². The number of anilines is 1. The second-order valence-corrected chi connectivity index (χ2v) is 5.42. The van der Waals surface area contributed by atoms with Crippen LogP contribution in [0.4, 0.5) is 14.5 Å². The van der Waals surface area contributed by atoms with Gasteiger partial charge in [0, 0.05) is 15.6 Å². The number of benzodiazepines with no additional fused rings is 1. The average molecular weight is 351 g/mol. The Morgan fingerprint density at radius 3 is 2.76 bits per heavy atom. The molecule has 0 spiro atoms. The van der Waals surface area contributed by atoms with Crippen LogP contribution in [0.3, 0.4) is 0 Å². The molecule has 6 heteroatoms. The summed E-state index contributed by atoms with van der Waals surface area (Å²) in [5, 5.41) is 2.47. The summed E-state index contributed by atoms with van der Waals surface area (Å²) >= 11 is 3.33. The summed E-state index contributed by atoms with van der Waals surface area (Å²) in [5.41, 5.74) is 1.61. The molecule has 1 unspecified atom stereocenters. The van der Waals surface area contributed by atoms with Gasteiger partial charge in [-0.3, -0.25) is 4.79 Å². The molecule has 21 heavy (non-hydrogen) atoms. The smallest absolute Gasteiger partial charge is 0.281 e. The van der Waals surface area contributed by atoms with Crippen LogP contribution in [0.15, 0.2) is 51.9 Å². The summed E-state index contributed by atoms with van der Waals surface area (Å²) in [6.45, 7) is 0. The Bertz CT molecular complexity index is 761. The summed E-state index contributed by atoms with van der Waals surface area (Å²) in [4.78, 5) is 15.4. The second-order valence-electron chi connectivity index (χ2n) is 4.50. The van der Waals surface area contributed by atoms with Gasteiger partial charge in [-0.05, 0) is 30.3 Å². The summed E-state index contributed by atoms with van der Waals surface area (Å²) in [7, 11) is 0. The Hall–Kier alpha value is -2.08. The zero-order valence-electron chi connectivity index (χ0n) is 10.6. The van der Waals surface area contributed by atoms with Crippen LogP contribution in [0.1, 0.15) is 11.1 Å². The van der Waals surface area contributed by atoms with Gasteiger partial charge in [0.05, 0.1) is 11.4 Å². The lowest BCUT2D eigenvalue weighted by molar-refractivity contribution is -0.120. The number of amides is 1. The number of nitrogens with zero attached hydrogens (tertiary/aromatic N) is 1. The van der Waals surface area contributed by atoms with Crippen LogP contribution < -0.4 is 5.32 Å². The lowest BCUT2D eigenvalue weighted by Gasteiger charge is -2.10. The molecule has 0 aromatic heterocycles. The van der Waals surface area contributed by atoms with Gasteiger partial charge in [-0.25, -0.2) is 13.8 Å². The quantitative estimate of drug-likeness (QED) is 0.783. The minimum atomic E-state index is -2.03. The van der Waals surface area contributed by atoms with Gasteiger partial charge < -0.3 is 5.32 Å². The van der Waals surface area contributed by atoms with Crippen molar-refractivity contribution in [3.05, 3.63) is 63.9 Å². The number of nitrogens with one attached hydrogen (secondary N) is 1. The van der Waals surface area contributed by atoms with Crippen molar-refractivity contribution in [3.63, 3.8) is 0 Å². The largest absolute Gasteiger partial charge is 0.321 e. The van der Waals surface area contributed by atoms with Crippen LogP contribution in [-0.4, -0.2) is 17.9 Å². The summed E-state index contributed by atoms with van der Waals surface area (Å²) in [5.74, 6) is -1.30. The zero-order valence-corrected chi connectivity index (χ0v) is 12.2. The Balaban J connectivity index is 2.24. The molecule has 1 atom stereocenters. The van der Waals surface area contributed by atoms with E-state index in [2.05, 4.69) is 26.2 Å². The number of hydrogen-bond acceptors (Lipinski definition) is 2. The maximum atomic E-state index is 13.8. The zero-order chi connectivity index (χ0) is 15.0. The third-order valence-corrected chi connectivity index (χ3v) is 3.54. The molecule has 1 amide bonds. The third kappa shape index (κ3) is 2.71. The predicted molar refractivity (Wildman–Crippen MR) is 79.7 cm³/mol. The van der Waals surface area contributed by atoms with Gasteiger partial charge in [-0.1, -0.05) is 28.1 Å². The van der Waals surface area contributed by atoms with Crippen LogP contribution in [0.2, 0.25) is 0 Å². The van der Waals surface area contributed by atoms with E-state index in [9.17, 15) is 13.6 Å². The molecule has 0 aliphatic carbocycles. The van der Waals surface area contributed by atoms with Crippen LogP contribution in [0.5, 0.6) is 0 Å². The van der Waals surface area contributed by atoms with Crippen molar-refractivity contribution in [1.29, 1.82) is 0 Å². The van der Waals surface area contributed by atoms with E-state index in [1.54, 1.807) is 24.3 Å². The number of fused-ring (bicyclic) bond motifs is 1. The maximum Gasteiger partial charge on any atom is 0.281 e. The number of benzene rings is 2. The first-order valence-electron chi connectivity index (χ1n) is 6.13. The molecule has 1 N–H and O–H groups in total. The van der Waals surface area contributed by atoms with Crippen LogP contribution in [0.25, 0.3) is 0 Å². The van der Waals surface area contributed by atoms with E-state index in [4.69, 9.17) is 0 Å². The highest BCUT2D eigenvalue weighted by Gasteiger charge is 2.25. The Kier molecular flexibility index (Phi) is 3.55. The van der Waals surface area contributed by atoms with Crippen molar-refractivity contribution >= 4 is 33.2 Å². The highest BCUT2D eigenvalue weighted by Crippen LogP contribution is 2.27. The molecule has 3 nitrogen and oxygen atoms in total. The molecular formula is C15H9BrF2N2O. The number of alkyl halides is 1. The van der Waals surface area contributed by atoms with E-state index >= 15 is 0 Å². The molecule has 1 aliphatic heterocycles. The highest BCUT2D eigenvalue weighted by atomic mass is 79.9. The molecular weight excluding hydrogens is 342 g/mol. The predicted octanol–water partition coefficient (Wildman–Crippen LogP) is 3.67. The van der Waals surface area contributed by atoms with Gasteiger partial charge in [0.25, 0.3) is 12.2 Å². The van der Waals surface area contributed by atoms with Gasteiger partial charge in [-0.15, -0.1) is 0 Å². The summed E-state index contributed by atoms with van der Waals surface area (Å²) < 4.78 is 28.0. The van der Waals surface area contributed by atoms with Crippen molar-refractivity contribution in [2.45, 2.75) is 6.30 Å². The number of carbonyl (C=O) groups excluding carboxylic acids is 1. The molecule has 106 valence electrons. The highest BCUT2D eigenvalue weighted by molar-refractivity contribution is 9.10. The van der Waals surface area contributed by atoms with Crippen molar-refractivity contribution in [2.24, 2.45) is 4.99 Å². The van der Waals surface area contributed by atoms with Crippen LogP contribution in [-0.2, 0) is 4.79 Å². The Morgan fingerprint density at radius 1 is 1.19 bits per heavy atom. The molecule has 2 aromatic carbocycles. The lowest BCUT2D eigenvalue weighted by Crippen LogP contribution is -2.21. The molecule has 0 bridgehead atoms. The summed E-state index contributed by atoms with van der Waals surface area (Å²) in [6.07, 6.45) is -2.03. The van der Waals surface area contributed by atoms with E-state index in [0.717, 1.165) is 4.47 Å². The molecule has 3 rings (SSSR count). The lowest BCUT2D eigenvalue weighted by atomic mass is 10.0. The van der Waals surface area contributed by atoms with Crippen molar-refractivity contribution in [1.82, 2.24) is 0 Å². The number of aliphatic imine (C=N–C) groups is 1. The molecule has 1 heterocycles. The third-order valence-electron chi connectivity index (χ3n) is 3.05. The minimum absolute atomic E-state index is 0.233. The first-order chi connectivity index (χ1) is 10.0. The standard InChI is InChI=1S/C15H9BrF2N2O/c16-9-4-5-12-11(7-9)13(20-14(18)15(21)19-12)8-2-1-3-10(17)6-8/h1-7,14H,(H,19,21). The van der Waals surface area contributed by atoms with Gasteiger partial charge in [0.2, 0.25) is 0 Å². The topological polar surface area (TPSA) is 41.5 Å². The fraction of sp³-hybridized carbons (Fsp3) is 0.0667. The van der Waals surface area contributed by atoms with Crippen LogP contribution >= 0.6 is 15.9 Å². The molecule has 0 radical (unpaired) electrons. The summed E-state index contributed by atoms with van der Waals surface area (Å²) in [6, 6.07) is 10.8. The first-order valence-corrected chi connectivity index (χ1v) is 6.92. The monoisotopic (exact) mass is 350 g/mol. The number of carbonyl (C=O) groups is 1. The van der Waals surface area contributed by atoms with E-state index < -0.39 is 18.0 Å². The molecule has 0 fully saturated rings. The minimum Gasteiger partial charge on any atom is -0.321 e. The van der Waals surface area contributed by atoms with E-state index in [0.29, 0.717) is 16.8 Å². The van der Waals surface area contributed by atoms with E-state index in [1.807, 2.05) is 0 Å². The maximum absolute atomic E-state index is 13.8. The number of halogens is 3. The molecule has 2 aromatic rings. The average Bonchev–Trinajstić information content (AvgIpc) is 2.57. The fourth-order valence-electron chi connectivity index (χ4n) is 2.12. The van der Waals surface area contributed by atoms with E-state index in [-0.39, 0.29) is 5.71 Å². The van der Waals surface area contributed by atoms with Crippen molar-refractivity contribution < 1.29 is 13.6 Å². The SMILES string of the molecule is O=C1Nc2ccc(Br)cc2C(c2cccc(F)c2)=NC1F. The van der Waals surface area contributed by atoms with Gasteiger partial charge >= 0.3 is 0 Å². The van der Waals surface area contributed by atoms with E-state index in [1.165, 1.54) is 18.2 Å². The normalized spacial score (nSPS) is 17.6. The fourth-order valence-corrected chi connectivity index (χ4v) is 2.48. The van der Waals surface area contributed by atoms with Crippen molar-refractivity contribution in [3.8, 4) is 0 Å².